The van der Waals surface area contributed by atoms with Crippen LogP contribution in [0.15, 0.2) is 66.7 Å². The van der Waals surface area contributed by atoms with Gasteiger partial charge in [0.2, 0.25) is 0 Å². The fraction of sp³-hybridized carbons (Fsp3) is 0.296. The summed E-state index contributed by atoms with van der Waals surface area (Å²) in [7, 11) is 0. The molecule has 0 aliphatic heterocycles. The van der Waals surface area contributed by atoms with Gasteiger partial charge in [-0.25, -0.2) is 4.39 Å². The van der Waals surface area contributed by atoms with Gasteiger partial charge in [0, 0.05) is 22.0 Å². The molecule has 2 N–H and O–H groups in total. The van der Waals surface area contributed by atoms with Gasteiger partial charge in [-0.15, -0.1) is 0 Å². The van der Waals surface area contributed by atoms with Crippen molar-refractivity contribution in [1.29, 1.82) is 5.26 Å². The molecule has 0 saturated heterocycles. The van der Waals surface area contributed by atoms with E-state index in [0.717, 1.165) is 11.1 Å². The van der Waals surface area contributed by atoms with E-state index in [9.17, 15) is 14.8 Å². The first kappa shape index (κ1) is 25.2. The molecule has 0 spiro atoms. The molecule has 172 valence electrons. The van der Waals surface area contributed by atoms with Crippen LogP contribution in [-0.4, -0.2) is 16.7 Å². The van der Waals surface area contributed by atoms with Crippen LogP contribution in [0.4, 0.5) is 4.39 Å². The van der Waals surface area contributed by atoms with Gasteiger partial charge in [0.1, 0.15) is 5.82 Å². The number of halogens is 3. The molecule has 2 unspecified atom stereocenters. The Balaban J connectivity index is 1.98. The molecule has 0 aliphatic rings. The van der Waals surface area contributed by atoms with Gasteiger partial charge >= 0.3 is 0 Å². The van der Waals surface area contributed by atoms with E-state index in [1.54, 1.807) is 26.0 Å². The molecule has 0 bridgehead atoms. The van der Waals surface area contributed by atoms with Gasteiger partial charge in [0.25, 0.3) is 0 Å². The maximum Gasteiger partial charge on any atom is 0.124 e. The van der Waals surface area contributed by atoms with Crippen molar-refractivity contribution in [3.63, 3.8) is 0 Å². The molecule has 3 atom stereocenters. The summed E-state index contributed by atoms with van der Waals surface area (Å²) in [5.41, 5.74) is 2.13. The number of benzene rings is 3. The molecular formula is C27H27Cl2FN2O. The molecule has 0 fully saturated rings. The van der Waals surface area contributed by atoms with E-state index in [1.165, 1.54) is 12.1 Å². The SMILES string of the molecule is CC(N[C@@H](c1ccc(F)cc1Cl)C(C)(C)O)C(Cc1ccc(Cl)cc1)c1cccc(C#N)c1. The minimum atomic E-state index is -1.17. The van der Waals surface area contributed by atoms with Gasteiger partial charge in [-0.3, -0.25) is 0 Å². The highest BCUT2D eigenvalue weighted by Crippen LogP contribution is 2.34. The van der Waals surface area contributed by atoms with E-state index in [-0.39, 0.29) is 17.0 Å². The third kappa shape index (κ3) is 6.56. The molecule has 3 rings (SSSR count). The van der Waals surface area contributed by atoms with Crippen LogP contribution >= 0.6 is 23.2 Å². The van der Waals surface area contributed by atoms with Crippen molar-refractivity contribution in [2.75, 3.05) is 0 Å². The third-order valence-corrected chi connectivity index (χ3v) is 6.41. The Labute approximate surface area is 204 Å². The number of hydrogen-bond acceptors (Lipinski definition) is 3. The van der Waals surface area contributed by atoms with Crippen molar-refractivity contribution in [3.8, 4) is 6.07 Å². The highest BCUT2D eigenvalue weighted by Gasteiger charge is 2.33. The molecular weight excluding hydrogens is 458 g/mol. The second-order valence-corrected chi connectivity index (χ2v) is 9.73. The van der Waals surface area contributed by atoms with Crippen LogP contribution in [0.2, 0.25) is 10.0 Å². The first-order valence-corrected chi connectivity index (χ1v) is 11.5. The molecule has 0 aromatic heterocycles. The van der Waals surface area contributed by atoms with Crippen LogP contribution in [0.1, 0.15) is 55.0 Å². The number of nitriles is 1. The highest BCUT2D eigenvalue weighted by molar-refractivity contribution is 6.31. The molecule has 3 aromatic carbocycles. The van der Waals surface area contributed by atoms with E-state index < -0.39 is 17.5 Å². The summed E-state index contributed by atoms with van der Waals surface area (Å²) in [5.74, 6) is -0.455. The standard InChI is InChI=1S/C27H27Cl2FN2O/c1-17(32-26(27(2,3)33)23-12-11-22(30)15-25(23)29)24(14-18-7-9-21(28)10-8-18)20-6-4-5-19(13-20)16-31/h4-13,15,17,24,26,32-33H,14H2,1-3H3/t17?,24?,26-/m0/s1. The first-order chi connectivity index (χ1) is 15.6. The lowest BCUT2D eigenvalue weighted by Crippen LogP contribution is -2.45. The summed E-state index contributed by atoms with van der Waals surface area (Å²) in [6.07, 6.45) is 0.690. The third-order valence-electron chi connectivity index (χ3n) is 5.83. The summed E-state index contributed by atoms with van der Waals surface area (Å²) in [6, 6.07) is 21.0. The molecule has 0 radical (unpaired) electrons. The Morgan fingerprint density at radius 1 is 1.06 bits per heavy atom. The highest BCUT2D eigenvalue weighted by atomic mass is 35.5. The van der Waals surface area contributed by atoms with Crippen LogP contribution < -0.4 is 5.32 Å². The van der Waals surface area contributed by atoms with Gasteiger partial charge in [0.05, 0.1) is 23.3 Å². The molecule has 3 nitrogen and oxygen atoms in total. The normalized spacial score (nSPS) is 14.4. The van der Waals surface area contributed by atoms with Crippen molar-refractivity contribution >= 4 is 23.2 Å². The second kappa shape index (κ2) is 10.7. The van der Waals surface area contributed by atoms with Gasteiger partial charge in [-0.2, -0.15) is 5.26 Å². The molecule has 0 aliphatic carbocycles. The predicted octanol–water partition coefficient (Wildman–Crippen LogP) is 6.82. The van der Waals surface area contributed by atoms with E-state index >= 15 is 0 Å². The van der Waals surface area contributed by atoms with Gasteiger partial charge in [-0.05, 0) is 80.3 Å². The van der Waals surface area contributed by atoms with Crippen molar-refractivity contribution in [3.05, 3.63) is 105 Å². The maximum atomic E-state index is 13.7. The molecule has 0 heterocycles. The van der Waals surface area contributed by atoms with E-state index in [1.807, 2.05) is 49.4 Å². The summed E-state index contributed by atoms with van der Waals surface area (Å²) < 4.78 is 13.7. The topological polar surface area (TPSA) is 56.0 Å². The lowest BCUT2D eigenvalue weighted by molar-refractivity contribution is 0.0316. The number of aliphatic hydroxyl groups is 1. The predicted molar refractivity (Wildman–Crippen MR) is 132 cm³/mol. The summed E-state index contributed by atoms with van der Waals surface area (Å²) in [4.78, 5) is 0. The smallest absolute Gasteiger partial charge is 0.124 e. The lowest BCUT2D eigenvalue weighted by atomic mass is 9.83. The van der Waals surface area contributed by atoms with Crippen LogP contribution in [0, 0.1) is 17.1 Å². The number of nitrogens with one attached hydrogen (secondary N) is 1. The Morgan fingerprint density at radius 3 is 2.36 bits per heavy atom. The Hall–Kier alpha value is -2.42. The number of hydrogen-bond donors (Lipinski definition) is 2. The van der Waals surface area contributed by atoms with E-state index in [0.29, 0.717) is 22.6 Å². The minimum absolute atomic E-state index is 0.0245. The second-order valence-electron chi connectivity index (χ2n) is 8.88. The van der Waals surface area contributed by atoms with Gasteiger partial charge in [0.15, 0.2) is 0 Å². The van der Waals surface area contributed by atoms with Gasteiger partial charge < -0.3 is 10.4 Å². The van der Waals surface area contributed by atoms with E-state index in [2.05, 4.69) is 11.4 Å². The fourth-order valence-electron chi connectivity index (χ4n) is 4.09. The van der Waals surface area contributed by atoms with Crippen molar-refractivity contribution in [2.24, 2.45) is 0 Å². The minimum Gasteiger partial charge on any atom is -0.388 e. The zero-order valence-corrected chi connectivity index (χ0v) is 20.3. The molecule has 6 heteroatoms. The largest absolute Gasteiger partial charge is 0.388 e. The monoisotopic (exact) mass is 484 g/mol. The van der Waals surface area contributed by atoms with Crippen LogP contribution in [-0.2, 0) is 6.42 Å². The Morgan fingerprint density at radius 2 is 1.76 bits per heavy atom. The molecule has 33 heavy (non-hydrogen) atoms. The molecule has 0 amide bonds. The summed E-state index contributed by atoms with van der Waals surface area (Å²) in [5, 5.41) is 24.8. The average Bonchev–Trinajstić information content (AvgIpc) is 2.76. The first-order valence-electron chi connectivity index (χ1n) is 10.8. The Kier molecular flexibility index (Phi) is 8.15. The van der Waals surface area contributed by atoms with E-state index in [4.69, 9.17) is 23.2 Å². The quantitative estimate of drug-likeness (QED) is 0.368. The number of rotatable bonds is 8. The lowest BCUT2D eigenvalue weighted by Gasteiger charge is -2.36. The number of nitrogens with zero attached hydrogens (tertiary/aromatic N) is 1. The Bertz CT molecular complexity index is 1140. The zero-order chi connectivity index (χ0) is 24.2. The van der Waals surface area contributed by atoms with Crippen LogP contribution in [0.5, 0.6) is 0 Å². The van der Waals surface area contributed by atoms with Crippen LogP contribution in [0.25, 0.3) is 0 Å². The summed E-state index contributed by atoms with van der Waals surface area (Å²) >= 11 is 12.4. The molecule has 3 aromatic rings. The van der Waals surface area contributed by atoms with Crippen molar-refractivity contribution in [2.45, 2.75) is 50.8 Å². The van der Waals surface area contributed by atoms with Crippen molar-refractivity contribution < 1.29 is 9.50 Å². The van der Waals surface area contributed by atoms with Crippen LogP contribution in [0.3, 0.4) is 0 Å². The molecule has 0 saturated carbocycles. The zero-order valence-electron chi connectivity index (χ0n) is 18.8. The fourth-order valence-corrected chi connectivity index (χ4v) is 4.49. The summed E-state index contributed by atoms with van der Waals surface area (Å²) in [6.45, 7) is 5.43. The van der Waals surface area contributed by atoms with Crippen molar-refractivity contribution in [1.82, 2.24) is 5.32 Å². The maximum absolute atomic E-state index is 13.7. The van der Waals surface area contributed by atoms with Gasteiger partial charge in [-0.1, -0.05) is 53.5 Å². The average molecular weight is 485 g/mol.